The molecule has 6 aromatic rings. The van der Waals surface area contributed by atoms with Gasteiger partial charge in [0.1, 0.15) is 18.2 Å². The molecule has 2 atom stereocenters. The molecular formula is C46H46N8O2S. The molecule has 10 nitrogen and oxygen atoms in total. The van der Waals surface area contributed by atoms with E-state index in [0.717, 1.165) is 49.7 Å². The molecule has 7 rings (SSSR count). The molecule has 11 heteroatoms. The summed E-state index contributed by atoms with van der Waals surface area (Å²) in [5.74, 6) is 7.31. The highest BCUT2D eigenvalue weighted by Crippen LogP contribution is 2.37. The van der Waals surface area contributed by atoms with Gasteiger partial charge in [-0.15, -0.1) is 0 Å². The molecule has 0 spiro atoms. The van der Waals surface area contributed by atoms with E-state index in [9.17, 15) is 9.59 Å². The highest BCUT2D eigenvalue weighted by molar-refractivity contribution is 7.99. The van der Waals surface area contributed by atoms with Gasteiger partial charge in [0.2, 0.25) is 11.8 Å². The van der Waals surface area contributed by atoms with E-state index < -0.39 is 6.04 Å². The predicted molar refractivity (Wildman–Crippen MR) is 230 cm³/mol. The molecule has 288 valence electrons. The Bertz CT molecular complexity index is 2430. The number of rotatable bonds is 11. The van der Waals surface area contributed by atoms with Crippen LogP contribution in [-0.2, 0) is 16.0 Å². The van der Waals surface area contributed by atoms with Crippen molar-refractivity contribution in [2.75, 3.05) is 37.0 Å². The van der Waals surface area contributed by atoms with Crippen molar-refractivity contribution in [1.29, 1.82) is 0 Å². The molecule has 2 amide bonds. The van der Waals surface area contributed by atoms with Gasteiger partial charge >= 0.3 is 0 Å². The lowest BCUT2D eigenvalue weighted by Crippen LogP contribution is -2.51. The number of benzene rings is 4. The number of carbonyl (C=O) groups excluding carboxylic acids is 2. The van der Waals surface area contributed by atoms with E-state index in [1.807, 2.05) is 128 Å². The van der Waals surface area contributed by atoms with Crippen LogP contribution in [0.3, 0.4) is 0 Å². The Hall–Kier alpha value is -6.22. The van der Waals surface area contributed by atoms with Gasteiger partial charge in [-0.2, -0.15) is 0 Å². The van der Waals surface area contributed by atoms with Crippen LogP contribution in [0, 0.1) is 11.8 Å². The first-order chi connectivity index (χ1) is 27.6. The van der Waals surface area contributed by atoms with Crippen LogP contribution >= 0.6 is 11.8 Å². The van der Waals surface area contributed by atoms with Crippen molar-refractivity contribution in [3.63, 3.8) is 0 Å². The van der Waals surface area contributed by atoms with Crippen LogP contribution < -0.4 is 16.4 Å². The molecule has 57 heavy (non-hydrogen) atoms. The van der Waals surface area contributed by atoms with Crippen LogP contribution in [0.15, 0.2) is 125 Å². The standard InChI is InChI=1S/C46H46N8O2S/c1-30(2)38-24-23-37-43(51-38)48-29-49-44(37)52-39-27-33(16-25-42(39)57-36-21-17-34(47)18-22-36)13-12-31-14-19-35(20-15-31)50-45(55)40-11-8-26-54(40)46(56)41(53(3)4)28-32-9-6-5-7-10-32/h5-7,9-10,14-25,27,29-30,40-41H,8,11,26,28,47H2,1-4H3,(H,50,55)(H,48,49,51,52)/t40-,41+/m0/s1. The second kappa shape index (κ2) is 17.7. The van der Waals surface area contributed by atoms with Gasteiger partial charge in [0.05, 0.1) is 17.1 Å². The number of anilines is 4. The predicted octanol–water partition coefficient (Wildman–Crippen LogP) is 8.13. The summed E-state index contributed by atoms with van der Waals surface area (Å²) < 4.78 is 0. The van der Waals surface area contributed by atoms with E-state index in [1.165, 1.54) is 6.33 Å². The largest absolute Gasteiger partial charge is 0.399 e. The lowest BCUT2D eigenvalue weighted by atomic mass is 10.0. The fourth-order valence-electron chi connectivity index (χ4n) is 6.79. The number of hydrogen-bond acceptors (Lipinski definition) is 9. The zero-order valence-corrected chi connectivity index (χ0v) is 33.4. The molecule has 1 aliphatic rings. The number of hydrogen-bond donors (Lipinski definition) is 3. The third-order valence-electron chi connectivity index (χ3n) is 9.97. The summed E-state index contributed by atoms with van der Waals surface area (Å²) in [4.78, 5) is 46.8. The number of nitrogens with zero attached hydrogens (tertiary/aromatic N) is 5. The van der Waals surface area contributed by atoms with Gasteiger partial charge in [-0.1, -0.05) is 67.8 Å². The summed E-state index contributed by atoms with van der Waals surface area (Å²) in [6, 6.07) is 34.4. The molecule has 2 aromatic heterocycles. The lowest BCUT2D eigenvalue weighted by Gasteiger charge is -2.31. The normalized spacial score (nSPS) is 14.4. The number of pyridine rings is 1. The van der Waals surface area contributed by atoms with E-state index in [1.54, 1.807) is 16.7 Å². The van der Waals surface area contributed by atoms with Gasteiger partial charge in [-0.3, -0.25) is 14.5 Å². The molecular weight excluding hydrogens is 729 g/mol. The van der Waals surface area contributed by atoms with Crippen molar-refractivity contribution in [3.8, 4) is 11.8 Å². The summed E-state index contributed by atoms with van der Waals surface area (Å²) in [7, 11) is 3.82. The van der Waals surface area contributed by atoms with Crippen molar-refractivity contribution in [2.24, 2.45) is 0 Å². The topological polar surface area (TPSA) is 129 Å². The number of carbonyl (C=O) groups is 2. The number of fused-ring (bicyclic) bond motifs is 1. The van der Waals surface area contributed by atoms with Crippen molar-refractivity contribution < 1.29 is 9.59 Å². The lowest BCUT2D eigenvalue weighted by molar-refractivity contribution is -0.140. The summed E-state index contributed by atoms with van der Waals surface area (Å²) >= 11 is 1.61. The number of aromatic nitrogens is 3. The summed E-state index contributed by atoms with van der Waals surface area (Å²) in [5.41, 5.74) is 12.5. The summed E-state index contributed by atoms with van der Waals surface area (Å²) in [6.45, 7) is 4.78. The van der Waals surface area contributed by atoms with Crippen LogP contribution in [0.25, 0.3) is 11.0 Å². The van der Waals surface area contributed by atoms with Crippen LogP contribution in [0.5, 0.6) is 0 Å². The molecule has 0 bridgehead atoms. The second-order valence-corrected chi connectivity index (χ2v) is 15.8. The van der Waals surface area contributed by atoms with Gasteiger partial charge < -0.3 is 21.3 Å². The van der Waals surface area contributed by atoms with Crippen molar-refractivity contribution >= 4 is 57.5 Å². The van der Waals surface area contributed by atoms with Gasteiger partial charge in [0, 0.05) is 44.5 Å². The Morgan fingerprint density at radius 3 is 2.39 bits per heavy atom. The molecule has 4 aromatic carbocycles. The zero-order valence-electron chi connectivity index (χ0n) is 32.6. The summed E-state index contributed by atoms with van der Waals surface area (Å²) in [5, 5.41) is 7.41. The minimum absolute atomic E-state index is 0.0232. The number of nitrogens with two attached hydrogens (primary N) is 1. The Morgan fingerprint density at radius 2 is 1.65 bits per heavy atom. The fourth-order valence-corrected chi connectivity index (χ4v) is 7.67. The number of amides is 2. The number of likely N-dealkylation sites (N-methyl/N-ethyl adjacent to an activating group) is 1. The highest BCUT2D eigenvalue weighted by atomic mass is 32.2. The van der Waals surface area contributed by atoms with E-state index >= 15 is 0 Å². The van der Waals surface area contributed by atoms with Gasteiger partial charge in [-0.05, 0) is 124 Å². The minimum Gasteiger partial charge on any atom is -0.399 e. The van der Waals surface area contributed by atoms with E-state index in [2.05, 4.69) is 46.3 Å². The molecule has 1 aliphatic heterocycles. The Morgan fingerprint density at radius 1 is 0.912 bits per heavy atom. The quantitative estimate of drug-likeness (QED) is 0.0883. The Labute approximate surface area is 338 Å². The highest BCUT2D eigenvalue weighted by Gasteiger charge is 2.38. The van der Waals surface area contributed by atoms with Gasteiger partial charge in [0.15, 0.2) is 5.65 Å². The van der Waals surface area contributed by atoms with Gasteiger partial charge in [0.25, 0.3) is 0 Å². The van der Waals surface area contributed by atoms with Crippen LogP contribution in [0.4, 0.5) is 22.9 Å². The first-order valence-electron chi connectivity index (χ1n) is 19.1. The molecule has 0 saturated carbocycles. The smallest absolute Gasteiger partial charge is 0.247 e. The molecule has 4 N–H and O–H groups in total. The maximum atomic E-state index is 13.8. The maximum absolute atomic E-state index is 13.8. The minimum atomic E-state index is -0.520. The number of nitrogens with one attached hydrogen (secondary N) is 2. The SMILES string of the molecule is CC(C)c1ccc2c(Nc3cc(C#Cc4ccc(NC(=O)[C@@H]5CCCN5C(=O)[C@@H](Cc5ccccc5)N(C)C)cc4)ccc3Sc3ccc(N)cc3)ncnc2n1. The third-order valence-corrected chi connectivity index (χ3v) is 11.1. The van der Waals surface area contributed by atoms with Gasteiger partial charge in [-0.25, -0.2) is 15.0 Å². The first-order valence-corrected chi connectivity index (χ1v) is 19.9. The number of nitrogen functional groups attached to an aromatic ring is 1. The second-order valence-electron chi connectivity index (χ2n) is 14.7. The maximum Gasteiger partial charge on any atom is 0.247 e. The summed E-state index contributed by atoms with van der Waals surface area (Å²) in [6.07, 6.45) is 3.53. The van der Waals surface area contributed by atoms with Crippen LogP contribution in [0.1, 0.15) is 55.0 Å². The molecule has 0 aliphatic carbocycles. The average molecular weight is 775 g/mol. The monoisotopic (exact) mass is 774 g/mol. The first kappa shape index (κ1) is 39.0. The molecule has 0 radical (unpaired) electrons. The van der Waals surface area contributed by atoms with E-state index in [-0.39, 0.29) is 23.8 Å². The molecule has 3 heterocycles. The van der Waals surface area contributed by atoms with Crippen molar-refractivity contribution in [2.45, 2.75) is 60.9 Å². The van der Waals surface area contributed by atoms with E-state index in [4.69, 9.17) is 10.7 Å². The van der Waals surface area contributed by atoms with Crippen LogP contribution in [0.2, 0.25) is 0 Å². The Balaban J connectivity index is 1.06. The third kappa shape index (κ3) is 9.60. The van der Waals surface area contributed by atoms with E-state index in [0.29, 0.717) is 42.2 Å². The van der Waals surface area contributed by atoms with Crippen molar-refractivity contribution in [3.05, 3.63) is 138 Å². The fraction of sp³-hybridized carbons (Fsp3) is 0.239. The van der Waals surface area contributed by atoms with Crippen molar-refractivity contribution in [1.82, 2.24) is 24.8 Å². The Kier molecular flexibility index (Phi) is 12.1. The number of likely N-dealkylation sites (tertiary alicyclic amines) is 1. The molecule has 1 saturated heterocycles. The molecule has 0 unspecified atom stereocenters. The van der Waals surface area contributed by atoms with Crippen LogP contribution in [-0.4, -0.2) is 69.3 Å². The molecule has 1 fully saturated rings. The average Bonchev–Trinajstić information content (AvgIpc) is 3.72. The zero-order chi connectivity index (χ0) is 39.9.